The summed E-state index contributed by atoms with van der Waals surface area (Å²) in [6, 6.07) is 12.7. The predicted octanol–water partition coefficient (Wildman–Crippen LogP) is 2.70. The molecule has 1 aromatic heterocycles. The van der Waals surface area contributed by atoms with Crippen molar-refractivity contribution in [1.82, 2.24) is 15.1 Å². The molecule has 0 aliphatic heterocycles. The van der Waals surface area contributed by atoms with Gasteiger partial charge in [0.1, 0.15) is 0 Å². The lowest BCUT2D eigenvalue weighted by molar-refractivity contribution is 0.584. The molecule has 1 unspecified atom stereocenters. The van der Waals surface area contributed by atoms with Gasteiger partial charge >= 0.3 is 0 Å². The zero-order chi connectivity index (χ0) is 12.8. The number of aryl methyl sites for hydroxylation is 1. The highest BCUT2D eigenvalue weighted by Gasteiger charge is 2.04. The highest BCUT2D eigenvalue weighted by molar-refractivity contribution is 5.18. The highest BCUT2D eigenvalue weighted by Crippen LogP contribution is 2.17. The van der Waals surface area contributed by atoms with E-state index in [1.54, 1.807) is 0 Å². The fourth-order valence-electron chi connectivity index (χ4n) is 2.04. The van der Waals surface area contributed by atoms with Crippen LogP contribution in [0.2, 0.25) is 0 Å². The summed E-state index contributed by atoms with van der Waals surface area (Å²) >= 11 is 0. The second-order valence-corrected chi connectivity index (χ2v) is 4.76. The number of benzene rings is 1. The van der Waals surface area contributed by atoms with Crippen LogP contribution < -0.4 is 5.32 Å². The van der Waals surface area contributed by atoms with E-state index in [1.807, 2.05) is 24.0 Å². The van der Waals surface area contributed by atoms with Gasteiger partial charge in [0.2, 0.25) is 0 Å². The first kappa shape index (κ1) is 12.8. The fourth-order valence-corrected chi connectivity index (χ4v) is 2.04. The van der Waals surface area contributed by atoms with Gasteiger partial charge in [0.05, 0.1) is 5.69 Å². The molecule has 0 fully saturated rings. The van der Waals surface area contributed by atoms with Crippen LogP contribution in [-0.4, -0.2) is 16.3 Å². The molecule has 0 saturated carbocycles. The van der Waals surface area contributed by atoms with E-state index in [4.69, 9.17) is 0 Å². The van der Waals surface area contributed by atoms with Gasteiger partial charge < -0.3 is 5.32 Å². The highest BCUT2D eigenvalue weighted by atomic mass is 15.3. The molecule has 0 amide bonds. The summed E-state index contributed by atoms with van der Waals surface area (Å²) in [6.07, 6.45) is 3.13. The standard InChI is InChI=1S/C15H21N3/c1-13(14-6-4-3-5-7-14)8-10-16-12-15-9-11-18(2)17-15/h3-7,9,11,13,16H,8,10,12H2,1-2H3. The maximum atomic E-state index is 4.34. The lowest BCUT2D eigenvalue weighted by Crippen LogP contribution is -2.17. The van der Waals surface area contributed by atoms with E-state index < -0.39 is 0 Å². The lowest BCUT2D eigenvalue weighted by atomic mass is 9.98. The van der Waals surface area contributed by atoms with Crippen LogP contribution in [0.5, 0.6) is 0 Å². The van der Waals surface area contributed by atoms with Gasteiger partial charge in [-0.3, -0.25) is 4.68 Å². The van der Waals surface area contributed by atoms with Gasteiger partial charge in [0.15, 0.2) is 0 Å². The molecule has 2 rings (SSSR count). The molecule has 1 N–H and O–H groups in total. The monoisotopic (exact) mass is 243 g/mol. The Hall–Kier alpha value is -1.61. The van der Waals surface area contributed by atoms with E-state index in [2.05, 4.69) is 47.7 Å². The van der Waals surface area contributed by atoms with Crippen molar-refractivity contribution in [2.45, 2.75) is 25.8 Å². The summed E-state index contributed by atoms with van der Waals surface area (Å²) in [5.41, 5.74) is 2.52. The van der Waals surface area contributed by atoms with Crippen molar-refractivity contribution in [1.29, 1.82) is 0 Å². The average molecular weight is 243 g/mol. The molecule has 1 heterocycles. The van der Waals surface area contributed by atoms with Gasteiger partial charge in [-0.2, -0.15) is 5.10 Å². The van der Waals surface area contributed by atoms with Gasteiger partial charge in [-0.15, -0.1) is 0 Å². The molecule has 1 atom stereocenters. The molecule has 2 aromatic rings. The number of hydrogen-bond donors (Lipinski definition) is 1. The van der Waals surface area contributed by atoms with E-state index >= 15 is 0 Å². The SMILES string of the molecule is CC(CCNCc1ccn(C)n1)c1ccccc1. The van der Waals surface area contributed by atoms with E-state index in [9.17, 15) is 0 Å². The second-order valence-electron chi connectivity index (χ2n) is 4.76. The molecule has 0 radical (unpaired) electrons. The van der Waals surface area contributed by atoms with Gasteiger partial charge in [-0.1, -0.05) is 37.3 Å². The van der Waals surface area contributed by atoms with E-state index in [0.29, 0.717) is 5.92 Å². The predicted molar refractivity (Wildman–Crippen MR) is 74.4 cm³/mol. The maximum Gasteiger partial charge on any atom is 0.0762 e. The van der Waals surface area contributed by atoms with Crippen molar-refractivity contribution < 1.29 is 0 Å². The zero-order valence-corrected chi connectivity index (χ0v) is 11.1. The third-order valence-electron chi connectivity index (χ3n) is 3.20. The second kappa shape index (κ2) is 6.36. The van der Waals surface area contributed by atoms with Gasteiger partial charge in [0.25, 0.3) is 0 Å². The number of hydrogen-bond acceptors (Lipinski definition) is 2. The number of nitrogens with one attached hydrogen (secondary N) is 1. The Morgan fingerprint density at radius 3 is 2.67 bits per heavy atom. The summed E-state index contributed by atoms with van der Waals surface area (Å²) in [5, 5.41) is 7.78. The largest absolute Gasteiger partial charge is 0.311 e. The van der Waals surface area contributed by atoms with E-state index in [1.165, 1.54) is 5.56 Å². The van der Waals surface area contributed by atoms with Crippen molar-refractivity contribution in [2.75, 3.05) is 6.54 Å². The van der Waals surface area contributed by atoms with Crippen molar-refractivity contribution in [3.8, 4) is 0 Å². The quantitative estimate of drug-likeness (QED) is 0.791. The molecule has 0 spiro atoms. The molecule has 96 valence electrons. The van der Waals surface area contributed by atoms with Crippen LogP contribution >= 0.6 is 0 Å². The number of nitrogens with zero attached hydrogens (tertiary/aromatic N) is 2. The summed E-state index contributed by atoms with van der Waals surface area (Å²) in [6.45, 7) is 4.15. The molecule has 0 saturated heterocycles. The van der Waals surface area contributed by atoms with Crippen LogP contribution in [0.4, 0.5) is 0 Å². The van der Waals surface area contributed by atoms with Gasteiger partial charge in [-0.05, 0) is 30.5 Å². The van der Waals surface area contributed by atoms with Crippen LogP contribution in [0.1, 0.15) is 30.5 Å². The van der Waals surface area contributed by atoms with Crippen molar-refractivity contribution >= 4 is 0 Å². The summed E-state index contributed by atoms with van der Waals surface area (Å²) < 4.78 is 1.84. The average Bonchev–Trinajstić information content (AvgIpc) is 2.81. The smallest absolute Gasteiger partial charge is 0.0762 e. The Bertz CT molecular complexity index is 462. The number of rotatable bonds is 6. The lowest BCUT2D eigenvalue weighted by Gasteiger charge is -2.11. The summed E-state index contributed by atoms with van der Waals surface area (Å²) in [7, 11) is 1.95. The maximum absolute atomic E-state index is 4.34. The molecule has 3 heteroatoms. The Balaban J connectivity index is 1.69. The molecule has 0 aliphatic carbocycles. The molecule has 3 nitrogen and oxygen atoms in total. The fraction of sp³-hybridized carbons (Fsp3) is 0.400. The minimum atomic E-state index is 0.599. The Labute approximate surface area is 109 Å². The van der Waals surface area contributed by atoms with Crippen LogP contribution in [-0.2, 0) is 13.6 Å². The normalized spacial score (nSPS) is 12.6. The number of aromatic nitrogens is 2. The van der Waals surface area contributed by atoms with E-state index in [0.717, 1.165) is 25.2 Å². The minimum Gasteiger partial charge on any atom is -0.311 e. The Morgan fingerprint density at radius 1 is 1.22 bits per heavy atom. The summed E-state index contributed by atoms with van der Waals surface area (Å²) in [4.78, 5) is 0. The topological polar surface area (TPSA) is 29.9 Å². The van der Waals surface area contributed by atoms with E-state index in [-0.39, 0.29) is 0 Å². The van der Waals surface area contributed by atoms with Crippen LogP contribution in [0, 0.1) is 0 Å². The molecule has 1 aromatic carbocycles. The van der Waals surface area contributed by atoms with Crippen LogP contribution in [0.3, 0.4) is 0 Å². The third-order valence-corrected chi connectivity index (χ3v) is 3.20. The van der Waals surface area contributed by atoms with Gasteiger partial charge in [0, 0.05) is 19.8 Å². The van der Waals surface area contributed by atoms with Crippen molar-refractivity contribution in [3.63, 3.8) is 0 Å². The first-order valence-corrected chi connectivity index (χ1v) is 6.50. The van der Waals surface area contributed by atoms with Crippen LogP contribution in [0.15, 0.2) is 42.6 Å². The Morgan fingerprint density at radius 2 is 2.00 bits per heavy atom. The van der Waals surface area contributed by atoms with Gasteiger partial charge in [-0.25, -0.2) is 0 Å². The van der Waals surface area contributed by atoms with Crippen molar-refractivity contribution in [3.05, 3.63) is 53.9 Å². The summed E-state index contributed by atoms with van der Waals surface area (Å²) in [5.74, 6) is 0.599. The molecule has 0 aliphatic rings. The first-order valence-electron chi connectivity index (χ1n) is 6.50. The third kappa shape index (κ3) is 3.70. The zero-order valence-electron chi connectivity index (χ0n) is 11.1. The van der Waals surface area contributed by atoms with Crippen LogP contribution in [0.25, 0.3) is 0 Å². The minimum absolute atomic E-state index is 0.599. The molecule has 0 bridgehead atoms. The first-order chi connectivity index (χ1) is 8.75. The molecular weight excluding hydrogens is 222 g/mol. The van der Waals surface area contributed by atoms with Crippen molar-refractivity contribution in [2.24, 2.45) is 7.05 Å². The molecule has 18 heavy (non-hydrogen) atoms. The Kier molecular flexibility index (Phi) is 4.53. The molecular formula is C15H21N3.